The van der Waals surface area contributed by atoms with Gasteiger partial charge in [-0.2, -0.15) is 4.98 Å². The molecule has 0 atom stereocenters. The first kappa shape index (κ1) is 25.6. The Balaban J connectivity index is 1.31. The molecule has 196 valence electrons. The van der Waals surface area contributed by atoms with Crippen LogP contribution in [-0.2, 0) is 9.47 Å². The molecule has 1 aliphatic heterocycles. The summed E-state index contributed by atoms with van der Waals surface area (Å²) in [5.74, 6) is 5.01. The van der Waals surface area contributed by atoms with Crippen molar-refractivity contribution in [3.8, 4) is 28.4 Å². The Morgan fingerprint density at radius 1 is 1.03 bits per heavy atom. The number of nitrogens with zero attached hydrogens (tertiary/aromatic N) is 4. The van der Waals surface area contributed by atoms with Crippen molar-refractivity contribution in [2.75, 3.05) is 26.4 Å². The summed E-state index contributed by atoms with van der Waals surface area (Å²) in [7, 11) is 0. The van der Waals surface area contributed by atoms with Crippen molar-refractivity contribution in [2.24, 2.45) is 16.3 Å². The molecule has 2 aromatic carbocycles. The van der Waals surface area contributed by atoms with Gasteiger partial charge in [0.2, 0.25) is 0 Å². The maximum atomic E-state index is 9.61. The van der Waals surface area contributed by atoms with E-state index >= 15 is 0 Å². The molecule has 2 aromatic heterocycles. The van der Waals surface area contributed by atoms with E-state index in [1.807, 2.05) is 48.5 Å². The summed E-state index contributed by atoms with van der Waals surface area (Å²) in [6.45, 7) is 4.84. The van der Waals surface area contributed by atoms with Gasteiger partial charge in [-0.3, -0.25) is 5.43 Å². The Kier molecular flexibility index (Phi) is 7.80. The van der Waals surface area contributed by atoms with E-state index in [9.17, 15) is 5.11 Å². The van der Waals surface area contributed by atoms with Gasteiger partial charge in [0.15, 0.2) is 5.65 Å². The number of benzene rings is 2. The highest BCUT2D eigenvalue weighted by Crippen LogP contribution is 2.31. The molecule has 38 heavy (non-hydrogen) atoms. The van der Waals surface area contributed by atoms with Gasteiger partial charge in [0, 0.05) is 5.56 Å². The van der Waals surface area contributed by atoms with Crippen LogP contribution in [0.4, 0.5) is 0 Å². The third-order valence-electron chi connectivity index (χ3n) is 5.88. The fourth-order valence-electron chi connectivity index (χ4n) is 3.99. The highest BCUT2D eigenvalue weighted by molar-refractivity contribution is 6.33. The van der Waals surface area contributed by atoms with Crippen molar-refractivity contribution in [2.45, 2.75) is 12.2 Å². The number of imidazole rings is 1. The summed E-state index contributed by atoms with van der Waals surface area (Å²) in [5.41, 5.74) is 8.79. The molecule has 5 N–H and O–H groups in total. The summed E-state index contributed by atoms with van der Waals surface area (Å²) in [5, 5.41) is 16.8. The van der Waals surface area contributed by atoms with Crippen molar-refractivity contribution in [1.82, 2.24) is 20.4 Å². The SMILES string of the molecule is C=C(N/N=N\N)c1ccc(-c2ccc(-c3nc4nc(O[C@H]5COC[C@@H](O)COC5)[nH]c4cc3Cl)cc2)cc1. The maximum Gasteiger partial charge on any atom is 0.296 e. The molecule has 1 fully saturated rings. The minimum absolute atomic E-state index is 0.195. The highest BCUT2D eigenvalue weighted by Gasteiger charge is 2.20. The van der Waals surface area contributed by atoms with Crippen LogP contribution >= 0.6 is 11.6 Å². The number of pyridine rings is 1. The lowest BCUT2D eigenvalue weighted by molar-refractivity contribution is -0.0882. The Bertz CT molecular complexity index is 1430. The van der Waals surface area contributed by atoms with Gasteiger partial charge >= 0.3 is 0 Å². The predicted octanol–water partition coefficient (Wildman–Crippen LogP) is 3.90. The van der Waals surface area contributed by atoms with Crippen LogP contribution in [0.3, 0.4) is 0 Å². The van der Waals surface area contributed by atoms with Crippen LogP contribution in [0.15, 0.2) is 71.6 Å². The maximum absolute atomic E-state index is 9.61. The Morgan fingerprint density at radius 3 is 2.32 bits per heavy atom. The molecule has 1 aliphatic rings. The molecule has 5 rings (SSSR count). The molecule has 11 nitrogen and oxygen atoms in total. The van der Waals surface area contributed by atoms with E-state index in [1.54, 1.807) is 6.07 Å². The number of aliphatic hydroxyl groups excluding tert-OH is 1. The first-order valence-electron chi connectivity index (χ1n) is 11.8. The molecule has 1 saturated heterocycles. The summed E-state index contributed by atoms with van der Waals surface area (Å²) >= 11 is 6.58. The molecule has 0 unspecified atom stereocenters. The number of aliphatic hydroxyl groups is 1. The molecule has 12 heteroatoms. The highest BCUT2D eigenvalue weighted by atomic mass is 35.5. The number of rotatable bonds is 7. The van der Waals surface area contributed by atoms with Crippen LogP contribution in [-0.4, -0.2) is 58.7 Å². The summed E-state index contributed by atoms with van der Waals surface area (Å²) in [6.07, 6.45) is -1.00. The number of nitrogens with one attached hydrogen (secondary N) is 2. The zero-order chi connectivity index (χ0) is 26.5. The Morgan fingerprint density at radius 2 is 1.66 bits per heavy atom. The van der Waals surface area contributed by atoms with Crippen molar-refractivity contribution < 1.29 is 19.3 Å². The van der Waals surface area contributed by atoms with E-state index in [4.69, 9.17) is 31.7 Å². The van der Waals surface area contributed by atoms with E-state index in [0.717, 1.165) is 22.3 Å². The average Bonchev–Trinajstić information content (AvgIpc) is 3.31. The van der Waals surface area contributed by atoms with Gasteiger partial charge in [0.25, 0.3) is 6.01 Å². The Labute approximate surface area is 223 Å². The molecule has 0 aliphatic carbocycles. The van der Waals surface area contributed by atoms with Crippen LogP contribution in [0.1, 0.15) is 5.56 Å². The molecular weight excluding hydrogens is 510 g/mol. The number of H-pyrrole nitrogens is 1. The van der Waals surface area contributed by atoms with Gasteiger partial charge in [-0.1, -0.05) is 77.2 Å². The zero-order valence-electron chi connectivity index (χ0n) is 20.3. The van der Waals surface area contributed by atoms with E-state index in [2.05, 4.69) is 37.4 Å². The second-order valence-corrected chi connectivity index (χ2v) is 9.07. The van der Waals surface area contributed by atoms with E-state index < -0.39 is 6.10 Å². The third-order valence-corrected chi connectivity index (χ3v) is 6.17. The number of nitrogens with two attached hydrogens (primary N) is 1. The normalized spacial score (nSPS) is 18.3. The number of aromatic amines is 1. The lowest BCUT2D eigenvalue weighted by atomic mass is 10.0. The first-order chi connectivity index (χ1) is 18.5. The summed E-state index contributed by atoms with van der Waals surface area (Å²) < 4.78 is 16.8. The fourth-order valence-corrected chi connectivity index (χ4v) is 4.25. The number of aromatic nitrogens is 3. The number of ether oxygens (including phenoxy) is 3. The fraction of sp³-hybridized carbons (Fsp3) is 0.231. The number of hydrogen-bond acceptors (Lipinski definition) is 8. The minimum Gasteiger partial charge on any atom is -0.457 e. The molecule has 3 heterocycles. The van der Waals surface area contributed by atoms with Crippen LogP contribution in [0.25, 0.3) is 39.2 Å². The van der Waals surface area contributed by atoms with Crippen LogP contribution in [0.5, 0.6) is 6.01 Å². The molecule has 0 amide bonds. The second-order valence-electron chi connectivity index (χ2n) is 8.66. The van der Waals surface area contributed by atoms with E-state index in [1.165, 1.54) is 0 Å². The summed E-state index contributed by atoms with van der Waals surface area (Å²) in [4.78, 5) is 12.2. The van der Waals surface area contributed by atoms with Gasteiger partial charge in [-0.05, 0) is 22.8 Å². The van der Waals surface area contributed by atoms with Gasteiger partial charge in [-0.25, -0.2) is 4.98 Å². The second kappa shape index (κ2) is 11.6. The average molecular weight is 536 g/mol. The molecule has 0 spiro atoms. The van der Waals surface area contributed by atoms with Crippen molar-refractivity contribution >= 4 is 28.5 Å². The minimum atomic E-state index is -0.635. The van der Waals surface area contributed by atoms with Crippen molar-refractivity contribution in [1.29, 1.82) is 0 Å². The van der Waals surface area contributed by atoms with Crippen LogP contribution < -0.4 is 16.0 Å². The lowest BCUT2D eigenvalue weighted by Crippen LogP contribution is -2.36. The van der Waals surface area contributed by atoms with E-state index in [-0.39, 0.29) is 32.5 Å². The van der Waals surface area contributed by atoms with Crippen LogP contribution in [0.2, 0.25) is 5.02 Å². The molecular formula is C26H26ClN7O4. The topological polar surface area (TPSA) is 152 Å². The zero-order valence-corrected chi connectivity index (χ0v) is 21.1. The number of hydrogen-bond donors (Lipinski definition) is 4. The number of halogens is 1. The first-order valence-corrected chi connectivity index (χ1v) is 12.2. The van der Waals surface area contributed by atoms with Gasteiger partial charge < -0.3 is 30.1 Å². The third kappa shape index (κ3) is 5.92. The van der Waals surface area contributed by atoms with Crippen LogP contribution in [0, 0.1) is 0 Å². The van der Waals surface area contributed by atoms with Gasteiger partial charge in [0.05, 0.1) is 48.4 Å². The number of fused-ring (bicyclic) bond motifs is 1. The quantitative estimate of drug-likeness (QED) is 0.158. The molecule has 4 aromatic rings. The largest absolute Gasteiger partial charge is 0.457 e. The standard InChI is InChI=1S/C26H26ClN7O4/c1-15(32-34-33-28)16-2-4-17(5-3-16)18-6-8-19(9-7-18)24-22(27)10-23-25(30-24)31-26(29-23)38-21-13-36-11-20(35)12-37-14-21/h2-10,20-21,35H,1,11-14H2,(H2,28,34)(H,32,33)(H,29,30,31)/t20-,21+. The van der Waals surface area contributed by atoms with Gasteiger partial charge in [0.1, 0.15) is 12.2 Å². The van der Waals surface area contributed by atoms with Crippen molar-refractivity contribution in [3.63, 3.8) is 0 Å². The molecule has 0 radical (unpaired) electrons. The molecule has 0 saturated carbocycles. The van der Waals surface area contributed by atoms with E-state index in [0.29, 0.717) is 33.6 Å². The summed E-state index contributed by atoms with van der Waals surface area (Å²) in [6, 6.07) is 17.9. The van der Waals surface area contributed by atoms with Gasteiger partial charge in [-0.15, -0.1) is 0 Å². The Hall–Kier alpha value is -4.03. The van der Waals surface area contributed by atoms with Crippen molar-refractivity contribution in [3.05, 3.63) is 71.8 Å². The lowest BCUT2D eigenvalue weighted by Gasteiger charge is -2.22. The monoisotopic (exact) mass is 535 g/mol. The predicted molar refractivity (Wildman–Crippen MR) is 143 cm³/mol. The smallest absolute Gasteiger partial charge is 0.296 e. The molecule has 0 bridgehead atoms.